The van der Waals surface area contributed by atoms with Crippen molar-refractivity contribution < 1.29 is 23.9 Å². The number of nitrogens with zero attached hydrogens (tertiary/aromatic N) is 2. The molecule has 7 heteroatoms. The summed E-state index contributed by atoms with van der Waals surface area (Å²) in [7, 11) is 0. The van der Waals surface area contributed by atoms with E-state index >= 15 is 0 Å². The van der Waals surface area contributed by atoms with Crippen molar-refractivity contribution in [2.75, 3.05) is 11.5 Å². The van der Waals surface area contributed by atoms with Crippen LogP contribution in [-0.4, -0.2) is 35.2 Å². The molecular formula is C36H32N2O5. The van der Waals surface area contributed by atoms with Crippen LogP contribution in [0.15, 0.2) is 66.7 Å². The highest BCUT2D eigenvalue weighted by atomic mass is 16.5. The number of hydrogen-bond donors (Lipinski definition) is 0. The Balaban J connectivity index is 1.16. The van der Waals surface area contributed by atoms with Crippen molar-refractivity contribution in [3.05, 3.63) is 94.5 Å². The molecule has 0 N–H and O–H groups in total. The van der Waals surface area contributed by atoms with E-state index in [1.807, 2.05) is 57.2 Å². The zero-order chi connectivity index (χ0) is 30.0. The Labute approximate surface area is 249 Å². The molecule has 7 nitrogen and oxygen atoms in total. The molecule has 43 heavy (non-hydrogen) atoms. The van der Waals surface area contributed by atoms with Gasteiger partial charge in [0.05, 0.1) is 34.3 Å². The molecule has 2 bridgehead atoms. The van der Waals surface area contributed by atoms with Gasteiger partial charge < -0.3 is 4.74 Å². The lowest BCUT2D eigenvalue weighted by Gasteiger charge is -2.19. The lowest BCUT2D eigenvalue weighted by atomic mass is 9.81. The summed E-state index contributed by atoms with van der Waals surface area (Å²) in [5, 5.41) is 0.637. The van der Waals surface area contributed by atoms with E-state index in [-0.39, 0.29) is 36.0 Å². The monoisotopic (exact) mass is 572 g/mol. The molecule has 7 rings (SSSR count). The van der Waals surface area contributed by atoms with Gasteiger partial charge in [0, 0.05) is 16.5 Å². The van der Waals surface area contributed by atoms with E-state index in [0.29, 0.717) is 45.2 Å². The normalized spacial score (nSPS) is 22.3. The smallest absolute Gasteiger partial charge is 0.339 e. The fraction of sp³-hybridized carbons (Fsp3) is 0.306. The number of benzene rings is 3. The average Bonchev–Trinajstić information content (AvgIpc) is 3.70. The first-order chi connectivity index (χ1) is 20.7. The number of hydrogen-bond acceptors (Lipinski definition) is 6. The zero-order valence-electron chi connectivity index (χ0n) is 24.4. The minimum Gasteiger partial charge on any atom is -0.454 e. The highest BCUT2D eigenvalue weighted by Crippen LogP contribution is 2.56. The molecule has 4 atom stereocenters. The maximum atomic E-state index is 13.4. The van der Waals surface area contributed by atoms with Gasteiger partial charge >= 0.3 is 5.97 Å². The molecule has 4 unspecified atom stereocenters. The number of ether oxygens (including phenoxy) is 1. The minimum atomic E-state index is -0.609. The largest absolute Gasteiger partial charge is 0.454 e. The lowest BCUT2D eigenvalue weighted by molar-refractivity contribution is -0.123. The molecule has 1 aromatic heterocycles. The van der Waals surface area contributed by atoms with Crippen LogP contribution in [0.5, 0.6) is 0 Å². The summed E-state index contributed by atoms with van der Waals surface area (Å²) < 4.78 is 5.52. The molecule has 2 saturated carbocycles. The predicted molar refractivity (Wildman–Crippen MR) is 163 cm³/mol. The Kier molecular flexibility index (Phi) is 6.49. The van der Waals surface area contributed by atoms with Crippen molar-refractivity contribution in [3.63, 3.8) is 0 Å². The van der Waals surface area contributed by atoms with Crippen LogP contribution in [0.25, 0.3) is 22.2 Å². The number of aromatic nitrogens is 1. The van der Waals surface area contributed by atoms with Crippen molar-refractivity contribution in [2.45, 2.75) is 40.0 Å². The quantitative estimate of drug-likeness (QED) is 0.151. The Bertz CT molecular complexity index is 1810. The van der Waals surface area contributed by atoms with E-state index < -0.39 is 5.97 Å². The van der Waals surface area contributed by atoms with Gasteiger partial charge in [-0.15, -0.1) is 0 Å². The molecule has 216 valence electrons. The molecule has 3 aromatic carbocycles. The second-order valence-electron chi connectivity index (χ2n) is 12.3. The number of esters is 1. The number of aryl methyl sites for hydroxylation is 3. The van der Waals surface area contributed by atoms with Crippen LogP contribution < -0.4 is 4.90 Å². The number of rotatable bonds is 6. The van der Waals surface area contributed by atoms with Gasteiger partial charge in [-0.05, 0) is 92.8 Å². The maximum Gasteiger partial charge on any atom is 0.339 e. The molecule has 0 spiro atoms. The fourth-order valence-corrected chi connectivity index (χ4v) is 7.36. The van der Waals surface area contributed by atoms with Crippen LogP contribution in [0.3, 0.4) is 0 Å². The lowest BCUT2D eigenvalue weighted by Crippen LogP contribution is -2.32. The van der Waals surface area contributed by atoms with E-state index in [1.165, 1.54) is 4.90 Å². The number of amides is 2. The summed E-state index contributed by atoms with van der Waals surface area (Å²) in [5.74, 6) is -0.722. The van der Waals surface area contributed by atoms with Crippen LogP contribution >= 0.6 is 0 Å². The summed E-state index contributed by atoms with van der Waals surface area (Å²) in [6.07, 6.45) is 3.07. The van der Waals surface area contributed by atoms with Gasteiger partial charge in [0.25, 0.3) is 0 Å². The number of carbonyl (C=O) groups excluding carboxylic acids is 4. The van der Waals surface area contributed by atoms with Crippen LogP contribution in [0.2, 0.25) is 0 Å². The number of anilines is 1. The predicted octanol–water partition coefficient (Wildman–Crippen LogP) is 6.40. The second-order valence-corrected chi connectivity index (χ2v) is 12.3. The number of fused-ring (bicyclic) bond motifs is 6. The number of para-hydroxylation sites is 1. The fourth-order valence-electron chi connectivity index (χ4n) is 7.36. The Hall–Kier alpha value is -4.65. The maximum absolute atomic E-state index is 13.4. The first kappa shape index (κ1) is 27.2. The van der Waals surface area contributed by atoms with E-state index in [0.717, 1.165) is 41.5 Å². The van der Waals surface area contributed by atoms with Crippen LogP contribution in [0.1, 0.15) is 56.7 Å². The van der Waals surface area contributed by atoms with E-state index in [9.17, 15) is 19.2 Å². The number of imide groups is 1. The Morgan fingerprint density at radius 1 is 0.837 bits per heavy atom. The number of carbonyl (C=O) groups is 4. The van der Waals surface area contributed by atoms with Crippen molar-refractivity contribution >= 4 is 40.2 Å². The summed E-state index contributed by atoms with van der Waals surface area (Å²) >= 11 is 0. The van der Waals surface area contributed by atoms with Crippen molar-refractivity contribution in [1.82, 2.24) is 4.98 Å². The molecule has 0 radical (unpaired) electrons. The molecule has 4 aromatic rings. The minimum absolute atomic E-state index is 0.0743. The molecular weight excluding hydrogens is 540 g/mol. The molecule has 2 heterocycles. The average molecular weight is 573 g/mol. The van der Waals surface area contributed by atoms with Crippen molar-refractivity contribution in [1.29, 1.82) is 0 Å². The van der Waals surface area contributed by atoms with Gasteiger partial charge in [-0.1, -0.05) is 42.5 Å². The topological polar surface area (TPSA) is 93.6 Å². The summed E-state index contributed by atoms with van der Waals surface area (Å²) in [6, 6.07) is 19.9. The second kappa shape index (κ2) is 10.3. The Morgan fingerprint density at radius 3 is 2.21 bits per heavy atom. The Morgan fingerprint density at radius 2 is 1.53 bits per heavy atom. The summed E-state index contributed by atoms with van der Waals surface area (Å²) in [5.41, 5.74) is 6.29. The molecule has 1 aliphatic heterocycles. The van der Waals surface area contributed by atoms with Crippen molar-refractivity contribution in [2.24, 2.45) is 23.7 Å². The highest BCUT2D eigenvalue weighted by Gasteiger charge is 2.61. The third kappa shape index (κ3) is 4.46. The molecule has 3 fully saturated rings. The van der Waals surface area contributed by atoms with Crippen LogP contribution in [0, 0.1) is 44.4 Å². The van der Waals surface area contributed by atoms with Crippen molar-refractivity contribution in [3.8, 4) is 11.3 Å². The van der Waals surface area contributed by atoms with Gasteiger partial charge in [-0.2, -0.15) is 0 Å². The molecule has 2 amide bonds. The first-order valence-electron chi connectivity index (χ1n) is 14.9. The van der Waals surface area contributed by atoms with Crippen LogP contribution in [0.4, 0.5) is 5.69 Å². The van der Waals surface area contributed by atoms with E-state index in [2.05, 4.69) is 0 Å². The first-order valence-corrected chi connectivity index (χ1v) is 14.9. The number of ketones is 1. The van der Waals surface area contributed by atoms with Gasteiger partial charge in [0.2, 0.25) is 11.8 Å². The zero-order valence-corrected chi connectivity index (χ0v) is 24.4. The van der Waals surface area contributed by atoms with Gasteiger partial charge in [0.15, 0.2) is 12.4 Å². The van der Waals surface area contributed by atoms with Gasteiger partial charge in [0.1, 0.15) is 0 Å². The summed E-state index contributed by atoms with van der Waals surface area (Å²) in [4.78, 5) is 59.0. The van der Waals surface area contributed by atoms with Gasteiger partial charge in [-0.25, -0.2) is 9.78 Å². The third-order valence-corrected chi connectivity index (χ3v) is 9.77. The van der Waals surface area contributed by atoms with Crippen LogP contribution in [-0.2, 0) is 14.3 Å². The molecule has 2 aliphatic carbocycles. The number of pyridine rings is 1. The molecule has 3 aliphatic rings. The van der Waals surface area contributed by atoms with E-state index in [4.69, 9.17) is 9.72 Å². The molecule has 1 saturated heterocycles. The standard InChI is InChI=1S/C36H32N2O5/c1-19-7-8-23(15-21(19)3)30(39)18-43-36(42)28-17-29(37-33-20(2)5-4-6-27(28)33)22-11-13-26(14-12-22)38-34(40)31-24-9-10-25(16-24)32(31)35(38)41/h4-8,11-15,17,24-25,31-32H,9-10,16,18H2,1-3H3. The van der Waals surface area contributed by atoms with E-state index in [1.54, 1.807) is 30.3 Å². The SMILES string of the molecule is Cc1ccc(C(=O)COC(=O)c2cc(-c3ccc(N4C(=O)C5C6CCC(C6)C5C4=O)cc3)nc3c(C)cccc23)cc1C. The summed E-state index contributed by atoms with van der Waals surface area (Å²) in [6.45, 7) is 5.47. The number of Topliss-reactive ketones (excluding diaryl/α,β-unsaturated/α-hetero) is 1. The third-order valence-electron chi connectivity index (χ3n) is 9.77. The highest BCUT2D eigenvalue weighted by molar-refractivity contribution is 6.22. The van der Waals surface area contributed by atoms with Gasteiger partial charge in [-0.3, -0.25) is 19.3 Å².